The number of hydrogen-bond donors (Lipinski definition) is 3. The summed E-state index contributed by atoms with van der Waals surface area (Å²) in [5.74, 6) is 0.339. The fourth-order valence-electron chi connectivity index (χ4n) is 2.41. The van der Waals surface area contributed by atoms with Gasteiger partial charge < -0.3 is 24.8 Å². The fourth-order valence-corrected chi connectivity index (χ4v) is 2.41. The number of benzene rings is 2. The van der Waals surface area contributed by atoms with Crippen molar-refractivity contribution in [3.05, 3.63) is 65.4 Å². The van der Waals surface area contributed by atoms with E-state index in [0.717, 1.165) is 11.6 Å². The average Bonchev–Trinajstić information content (AvgIpc) is 2.66. The lowest BCUT2D eigenvalue weighted by atomic mass is 10.1. The molecule has 0 bridgehead atoms. The summed E-state index contributed by atoms with van der Waals surface area (Å²) in [6.07, 6.45) is 4.82. The Morgan fingerprint density at radius 3 is 2.30 bits per heavy atom. The van der Waals surface area contributed by atoms with E-state index in [1.807, 2.05) is 0 Å². The van der Waals surface area contributed by atoms with E-state index in [-0.39, 0.29) is 29.5 Å². The van der Waals surface area contributed by atoms with Gasteiger partial charge in [-0.3, -0.25) is 4.79 Å². The zero-order chi connectivity index (χ0) is 19.8. The van der Waals surface area contributed by atoms with Crippen LogP contribution in [-0.2, 0) is 11.2 Å². The van der Waals surface area contributed by atoms with Gasteiger partial charge in [0.2, 0.25) is 0 Å². The van der Waals surface area contributed by atoms with Gasteiger partial charge in [-0.15, -0.1) is 0 Å². The molecule has 0 aliphatic rings. The van der Waals surface area contributed by atoms with E-state index < -0.39 is 0 Å². The van der Waals surface area contributed by atoms with E-state index in [4.69, 9.17) is 9.47 Å². The predicted octanol–water partition coefficient (Wildman–Crippen LogP) is 3.77. The Labute approximate surface area is 157 Å². The minimum atomic E-state index is -0.229. The van der Waals surface area contributed by atoms with Crippen molar-refractivity contribution >= 4 is 11.9 Å². The number of phenolic OH excluding ortho intramolecular Hbond substituents is 2. The Balaban J connectivity index is 1.96. The number of rotatable bonds is 8. The maximum absolute atomic E-state index is 12.0. The first-order valence-electron chi connectivity index (χ1n) is 8.27. The van der Waals surface area contributed by atoms with Crippen LogP contribution in [0.15, 0.2) is 54.3 Å². The molecule has 2 rings (SSSR count). The number of aliphatic hydroxyl groups is 1. The number of carbonyl (C=O) groups excluding carboxylic acids is 1. The number of hydrogen-bond acceptors (Lipinski definition) is 6. The molecule has 2 aromatic rings. The molecule has 0 fully saturated rings. The molecule has 0 amide bonds. The summed E-state index contributed by atoms with van der Waals surface area (Å²) < 4.78 is 10.0. The number of carbonyl (C=O) groups is 1. The number of methoxy groups -OCH3 is 2. The molecule has 142 valence electrons. The summed E-state index contributed by atoms with van der Waals surface area (Å²) in [6, 6.07) is 9.65. The number of aromatic hydroxyl groups is 2. The second-order valence-electron chi connectivity index (χ2n) is 5.81. The maximum Gasteiger partial charge on any atom is 0.161 e. The van der Waals surface area contributed by atoms with Crippen molar-refractivity contribution in [2.45, 2.75) is 12.8 Å². The number of aliphatic hydroxyl groups excluding tert-OH is 1. The second kappa shape index (κ2) is 9.33. The Morgan fingerprint density at radius 1 is 1.00 bits per heavy atom. The Hall–Kier alpha value is -3.41. The number of allylic oxidation sites excluding steroid dienone is 2. The highest BCUT2D eigenvalue weighted by molar-refractivity contribution is 5.90. The first-order chi connectivity index (χ1) is 12.9. The molecule has 3 N–H and O–H groups in total. The van der Waals surface area contributed by atoms with Crippen molar-refractivity contribution < 1.29 is 29.6 Å². The number of aryl methyl sites for hydroxylation is 1. The van der Waals surface area contributed by atoms with Gasteiger partial charge in [-0.25, -0.2) is 0 Å². The quantitative estimate of drug-likeness (QED) is 0.372. The number of ketones is 1. The monoisotopic (exact) mass is 370 g/mol. The van der Waals surface area contributed by atoms with Crippen molar-refractivity contribution in [1.82, 2.24) is 0 Å². The smallest absolute Gasteiger partial charge is 0.161 e. The number of ether oxygens (including phenoxy) is 2. The highest BCUT2D eigenvalue weighted by atomic mass is 16.5. The van der Waals surface area contributed by atoms with Gasteiger partial charge in [0.15, 0.2) is 28.8 Å². The third-order valence-corrected chi connectivity index (χ3v) is 3.86. The zero-order valence-electron chi connectivity index (χ0n) is 15.2. The SMILES string of the molecule is COc1cc(/C=C/C(O)=C/C(=O)CCc2ccc(O)c(OC)c2)ccc1O. The molecule has 0 spiro atoms. The van der Waals surface area contributed by atoms with Crippen LogP contribution in [0.1, 0.15) is 17.5 Å². The summed E-state index contributed by atoms with van der Waals surface area (Å²) in [4.78, 5) is 12.0. The van der Waals surface area contributed by atoms with E-state index in [9.17, 15) is 20.1 Å². The lowest BCUT2D eigenvalue weighted by Gasteiger charge is -2.05. The molecule has 0 saturated heterocycles. The number of phenols is 2. The van der Waals surface area contributed by atoms with E-state index >= 15 is 0 Å². The van der Waals surface area contributed by atoms with Gasteiger partial charge in [0.05, 0.1) is 14.2 Å². The molecule has 0 heterocycles. The third kappa shape index (κ3) is 5.81. The Morgan fingerprint density at radius 2 is 1.63 bits per heavy atom. The van der Waals surface area contributed by atoms with Crippen molar-refractivity contribution in [2.24, 2.45) is 0 Å². The normalized spacial score (nSPS) is 11.6. The largest absolute Gasteiger partial charge is 0.508 e. The summed E-state index contributed by atoms with van der Waals surface area (Å²) in [5, 5.41) is 29.0. The molecule has 0 radical (unpaired) electrons. The van der Waals surface area contributed by atoms with Crippen molar-refractivity contribution in [3.63, 3.8) is 0 Å². The van der Waals surface area contributed by atoms with E-state index in [2.05, 4.69) is 0 Å². The lowest BCUT2D eigenvalue weighted by Crippen LogP contribution is -1.98. The van der Waals surface area contributed by atoms with Gasteiger partial charge in [-0.1, -0.05) is 18.2 Å². The lowest BCUT2D eigenvalue weighted by molar-refractivity contribution is -0.114. The first kappa shape index (κ1) is 19.9. The molecular weight excluding hydrogens is 348 g/mol. The Kier molecular flexibility index (Phi) is 6.88. The molecule has 0 unspecified atom stereocenters. The van der Waals surface area contributed by atoms with Crippen molar-refractivity contribution in [2.75, 3.05) is 14.2 Å². The van der Waals surface area contributed by atoms with Gasteiger partial charge >= 0.3 is 0 Å². The minimum Gasteiger partial charge on any atom is -0.508 e. The van der Waals surface area contributed by atoms with Crippen LogP contribution in [0.3, 0.4) is 0 Å². The summed E-state index contributed by atoms with van der Waals surface area (Å²) >= 11 is 0. The van der Waals surface area contributed by atoms with Gasteiger partial charge in [0.1, 0.15) is 5.76 Å². The minimum absolute atomic E-state index is 0.0236. The van der Waals surface area contributed by atoms with Gasteiger partial charge in [-0.2, -0.15) is 0 Å². The molecule has 0 aliphatic carbocycles. The highest BCUT2D eigenvalue weighted by Crippen LogP contribution is 2.27. The van der Waals surface area contributed by atoms with Crippen LogP contribution in [-0.4, -0.2) is 35.3 Å². The average molecular weight is 370 g/mol. The maximum atomic E-state index is 12.0. The van der Waals surface area contributed by atoms with Crippen LogP contribution in [0, 0.1) is 0 Å². The summed E-state index contributed by atoms with van der Waals surface area (Å²) in [6.45, 7) is 0. The molecule has 6 nitrogen and oxygen atoms in total. The van der Waals surface area contributed by atoms with Crippen LogP contribution in [0.25, 0.3) is 6.08 Å². The fraction of sp³-hybridized carbons (Fsp3) is 0.190. The van der Waals surface area contributed by atoms with E-state index in [1.54, 1.807) is 30.3 Å². The van der Waals surface area contributed by atoms with Crippen LogP contribution in [0.2, 0.25) is 0 Å². The predicted molar refractivity (Wildman–Crippen MR) is 102 cm³/mol. The first-order valence-corrected chi connectivity index (χ1v) is 8.27. The van der Waals surface area contributed by atoms with Crippen LogP contribution in [0.5, 0.6) is 23.0 Å². The topological polar surface area (TPSA) is 96.2 Å². The molecule has 27 heavy (non-hydrogen) atoms. The summed E-state index contributed by atoms with van der Waals surface area (Å²) in [5.41, 5.74) is 1.55. The van der Waals surface area contributed by atoms with Gasteiger partial charge in [0.25, 0.3) is 0 Å². The molecule has 0 atom stereocenters. The van der Waals surface area contributed by atoms with Crippen molar-refractivity contribution in [1.29, 1.82) is 0 Å². The molecule has 6 heteroatoms. The van der Waals surface area contributed by atoms with Crippen LogP contribution < -0.4 is 9.47 Å². The molecule has 0 aliphatic heterocycles. The highest BCUT2D eigenvalue weighted by Gasteiger charge is 2.06. The molecule has 0 aromatic heterocycles. The standard InChI is InChI=1S/C21H22O6/c1-26-20-11-14(5-9-18(20)24)3-7-16(22)13-17(23)8-4-15-6-10-19(25)21(12-15)27-2/h3,5-7,9-13,22,24-25H,4,8H2,1-2H3/b7-3+,16-13-. The van der Waals surface area contributed by atoms with Gasteiger partial charge in [0, 0.05) is 12.5 Å². The third-order valence-electron chi connectivity index (χ3n) is 3.86. The van der Waals surface area contributed by atoms with E-state index in [1.165, 1.54) is 32.4 Å². The zero-order valence-corrected chi connectivity index (χ0v) is 15.2. The summed E-state index contributed by atoms with van der Waals surface area (Å²) in [7, 11) is 2.91. The van der Waals surface area contributed by atoms with Crippen LogP contribution >= 0.6 is 0 Å². The van der Waals surface area contributed by atoms with Crippen molar-refractivity contribution in [3.8, 4) is 23.0 Å². The van der Waals surface area contributed by atoms with Gasteiger partial charge in [-0.05, 0) is 47.9 Å². The Bertz CT molecular complexity index is 867. The molecule has 2 aromatic carbocycles. The molecule has 0 saturated carbocycles. The second-order valence-corrected chi connectivity index (χ2v) is 5.81. The van der Waals surface area contributed by atoms with E-state index in [0.29, 0.717) is 23.5 Å². The van der Waals surface area contributed by atoms with Crippen LogP contribution in [0.4, 0.5) is 0 Å². The molecular formula is C21H22O6.